The third-order valence-electron chi connectivity index (χ3n) is 4.76. The largest absolute Gasteiger partial charge is 0.399 e. The smallest absolute Gasteiger partial charge is 0.230 e. The fourth-order valence-electron chi connectivity index (χ4n) is 2.96. The molecule has 1 aromatic carbocycles. The zero-order valence-electron chi connectivity index (χ0n) is 13.0. The Balaban J connectivity index is 2.13. The molecule has 3 nitrogen and oxygen atoms in total. The molecule has 0 radical (unpaired) electrons. The number of benzene rings is 1. The van der Waals surface area contributed by atoms with Gasteiger partial charge in [0.2, 0.25) is 5.91 Å². The van der Waals surface area contributed by atoms with Crippen LogP contribution < -0.4 is 11.1 Å². The normalized spacial score (nSPS) is 21.7. The Bertz CT molecular complexity index is 488. The van der Waals surface area contributed by atoms with Crippen LogP contribution in [0.1, 0.15) is 52.5 Å². The quantitative estimate of drug-likeness (QED) is 0.831. The lowest BCUT2D eigenvalue weighted by molar-refractivity contribution is -0.127. The second-order valence-electron chi connectivity index (χ2n) is 7.15. The van der Waals surface area contributed by atoms with Gasteiger partial charge in [0, 0.05) is 11.7 Å². The maximum Gasteiger partial charge on any atom is 0.230 e. The fourth-order valence-corrected chi connectivity index (χ4v) is 2.96. The van der Waals surface area contributed by atoms with Gasteiger partial charge in [-0.25, -0.2) is 0 Å². The van der Waals surface area contributed by atoms with Crippen LogP contribution in [0.4, 0.5) is 5.69 Å². The van der Waals surface area contributed by atoms with Crippen molar-refractivity contribution in [1.82, 2.24) is 5.32 Å². The molecular weight excluding hydrogens is 248 g/mol. The third kappa shape index (κ3) is 2.82. The van der Waals surface area contributed by atoms with Gasteiger partial charge < -0.3 is 11.1 Å². The second-order valence-corrected chi connectivity index (χ2v) is 7.15. The Morgan fingerprint density at radius 1 is 1.30 bits per heavy atom. The Morgan fingerprint density at radius 3 is 2.40 bits per heavy atom. The number of hydrogen-bond acceptors (Lipinski definition) is 2. The molecule has 2 rings (SSSR count). The number of rotatable bonds is 3. The molecule has 1 saturated carbocycles. The molecular formula is C17H26N2O. The summed E-state index contributed by atoms with van der Waals surface area (Å²) in [5.74, 6) is 0.0993. The zero-order valence-corrected chi connectivity index (χ0v) is 13.0. The summed E-state index contributed by atoms with van der Waals surface area (Å²) in [7, 11) is 0. The lowest BCUT2D eigenvalue weighted by Crippen LogP contribution is -2.48. The van der Waals surface area contributed by atoms with Gasteiger partial charge in [0.05, 0.1) is 5.41 Å². The van der Waals surface area contributed by atoms with Gasteiger partial charge in [-0.05, 0) is 49.8 Å². The molecule has 1 unspecified atom stereocenters. The summed E-state index contributed by atoms with van der Waals surface area (Å²) in [5, 5.41) is 3.25. The molecule has 0 aliphatic heterocycles. The summed E-state index contributed by atoms with van der Waals surface area (Å²) < 4.78 is 0. The topological polar surface area (TPSA) is 55.1 Å². The molecule has 1 atom stereocenters. The Morgan fingerprint density at radius 2 is 1.90 bits per heavy atom. The predicted molar refractivity (Wildman–Crippen MR) is 83.4 cm³/mol. The molecule has 1 amide bonds. The van der Waals surface area contributed by atoms with Crippen LogP contribution in [0.25, 0.3) is 0 Å². The highest BCUT2D eigenvalue weighted by molar-refractivity contribution is 5.87. The highest BCUT2D eigenvalue weighted by Gasteiger charge is 2.38. The van der Waals surface area contributed by atoms with E-state index in [0.717, 1.165) is 17.7 Å². The minimum atomic E-state index is -0.535. The van der Waals surface area contributed by atoms with E-state index in [9.17, 15) is 4.79 Å². The average Bonchev–Trinajstić information content (AvgIpc) is 2.69. The fraction of sp³-hybridized carbons (Fsp3) is 0.588. The number of hydrogen-bond donors (Lipinski definition) is 2. The number of carbonyl (C=O) groups excluding carboxylic acids is 1. The number of nitrogens with two attached hydrogens (primary N) is 1. The van der Waals surface area contributed by atoms with Crippen LogP contribution in [0.3, 0.4) is 0 Å². The van der Waals surface area contributed by atoms with E-state index in [4.69, 9.17) is 5.73 Å². The van der Waals surface area contributed by atoms with Gasteiger partial charge in [-0.15, -0.1) is 0 Å². The van der Waals surface area contributed by atoms with Crippen molar-refractivity contribution in [2.24, 2.45) is 5.41 Å². The van der Waals surface area contributed by atoms with E-state index in [1.54, 1.807) is 0 Å². The van der Waals surface area contributed by atoms with Crippen LogP contribution in [-0.4, -0.2) is 11.9 Å². The van der Waals surface area contributed by atoms with Gasteiger partial charge in [-0.3, -0.25) is 4.79 Å². The third-order valence-corrected chi connectivity index (χ3v) is 4.76. The van der Waals surface area contributed by atoms with Crippen LogP contribution in [0.5, 0.6) is 0 Å². The number of anilines is 1. The van der Waals surface area contributed by atoms with Crippen molar-refractivity contribution in [3.8, 4) is 0 Å². The lowest BCUT2D eigenvalue weighted by atomic mass is 9.81. The molecule has 0 spiro atoms. The SMILES string of the molecule is CC(C)(C(=O)NC1CCCC1(C)C)c1ccc(N)cc1. The Kier molecular flexibility index (Phi) is 3.81. The van der Waals surface area contributed by atoms with E-state index in [2.05, 4.69) is 19.2 Å². The van der Waals surface area contributed by atoms with Crippen LogP contribution in [0.2, 0.25) is 0 Å². The Hall–Kier alpha value is -1.51. The monoisotopic (exact) mass is 274 g/mol. The van der Waals surface area contributed by atoms with E-state index < -0.39 is 5.41 Å². The van der Waals surface area contributed by atoms with E-state index in [1.807, 2.05) is 38.1 Å². The number of nitrogens with one attached hydrogen (secondary N) is 1. The van der Waals surface area contributed by atoms with Gasteiger partial charge in [-0.2, -0.15) is 0 Å². The van der Waals surface area contributed by atoms with Gasteiger partial charge in [0.25, 0.3) is 0 Å². The molecule has 1 fully saturated rings. The summed E-state index contributed by atoms with van der Waals surface area (Å²) in [6.45, 7) is 8.41. The van der Waals surface area contributed by atoms with E-state index in [-0.39, 0.29) is 17.4 Å². The molecule has 0 heterocycles. The second kappa shape index (κ2) is 5.12. The number of nitrogen functional groups attached to an aromatic ring is 1. The van der Waals surface area contributed by atoms with Crippen molar-refractivity contribution in [3.05, 3.63) is 29.8 Å². The maximum atomic E-state index is 12.7. The molecule has 1 aliphatic rings. The van der Waals surface area contributed by atoms with E-state index >= 15 is 0 Å². The van der Waals surface area contributed by atoms with Gasteiger partial charge in [0.15, 0.2) is 0 Å². The minimum Gasteiger partial charge on any atom is -0.399 e. The summed E-state index contributed by atoms with van der Waals surface area (Å²) in [6, 6.07) is 7.86. The molecule has 3 heteroatoms. The summed E-state index contributed by atoms with van der Waals surface area (Å²) in [4.78, 5) is 12.7. The molecule has 3 N–H and O–H groups in total. The average molecular weight is 274 g/mol. The molecule has 0 aromatic heterocycles. The van der Waals surface area contributed by atoms with Crippen LogP contribution in [0, 0.1) is 5.41 Å². The summed E-state index contributed by atoms with van der Waals surface area (Å²) >= 11 is 0. The van der Waals surface area contributed by atoms with Crippen LogP contribution in [-0.2, 0) is 10.2 Å². The van der Waals surface area contributed by atoms with Crippen molar-refractivity contribution in [2.75, 3.05) is 5.73 Å². The van der Waals surface area contributed by atoms with Gasteiger partial charge in [-0.1, -0.05) is 32.4 Å². The van der Waals surface area contributed by atoms with Crippen molar-refractivity contribution in [3.63, 3.8) is 0 Å². The van der Waals surface area contributed by atoms with Gasteiger partial charge in [0.1, 0.15) is 0 Å². The highest BCUT2D eigenvalue weighted by Crippen LogP contribution is 2.38. The van der Waals surface area contributed by atoms with Crippen molar-refractivity contribution >= 4 is 11.6 Å². The first-order valence-corrected chi connectivity index (χ1v) is 7.40. The number of carbonyl (C=O) groups is 1. The molecule has 1 aliphatic carbocycles. The first-order valence-electron chi connectivity index (χ1n) is 7.40. The number of amides is 1. The van der Waals surface area contributed by atoms with E-state index in [1.165, 1.54) is 12.8 Å². The molecule has 0 bridgehead atoms. The first kappa shape index (κ1) is 14.9. The van der Waals surface area contributed by atoms with E-state index in [0.29, 0.717) is 0 Å². The first-order chi connectivity index (χ1) is 9.23. The highest BCUT2D eigenvalue weighted by atomic mass is 16.2. The molecule has 1 aromatic rings. The van der Waals surface area contributed by atoms with Crippen molar-refractivity contribution < 1.29 is 4.79 Å². The standard InChI is InChI=1S/C17H26N2O/c1-16(2)11-5-6-14(16)19-15(20)17(3,4)12-7-9-13(18)10-8-12/h7-10,14H,5-6,11,18H2,1-4H3,(H,19,20). The lowest BCUT2D eigenvalue weighted by Gasteiger charge is -2.32. The zero-order chi connectivity index (χ0) is 15.0. The predicted octanol–water partition coefficient (Wildman–Crippen LogP) is 3.24. The minimum absolute atomic E-state index is 0.0993. The summed E-state index contributed by atoms with van der Waals surface area (Å²) in [6.07, 6.45) is 3.46. The molecule has 0 saturated heterocycles. The molecule has 110 valence electrons. The van der Waals surface area contributed by atoms with Crippen molar-refractivity contribution in [1.29, 1.82) is 0 Å². The van der Waals surface area contributed by atoms with Crippen LogP contribution >= 0.6 is 0 Å². The summed E-state index contributed by atoms with van der Waals surface area (Å²) in [5.41, 5.74) is 7.10. The molecule has 20 heavy (non-hydrogen) atoms. The Labute approximate surface area is 121 Å². The van der Waals surface area contributed by atoms with Gasteiger partial charge >= 0.3 is 0 Å². The van der Waals surface area contributed by atoms with Crippen LogP contribution in [0.15, 0.2) is 24.3 Å². The maximum absolute atomic E-state index is 12.7. The van der Waals surface area contributed by atoms with Crippen molar-refractivity contribution in [2.45, 2.75) is 58.4 Å².